The minimum absolute atomic E-state index is 0.0744. The van der Waals surface area contributed by atoms with Crippen LogP contribution in [0.25, 0.3) is 21.9 Å². The maximum Gasteiger partial charge on any atom is 0.252 e. The zero-order valence-corrected chi connectivity index (χ0v) is 20.1. The highest BCUT2D eigenvalue weighted by Gasteiger charge is 2.23. The average Bonchev–Trinajstić information content (AvgIpc) is 3.13. The van der Waals surface area contributed by atoms with Gasteiger partial charge in [0.1, 0.15) is 5.82 Å². The predicted molar refractivity (Wildman–Crippen MR) is 131 cm³/mol. The van der Waals surface area contributed by atoms with Crippen LogP contribution in [0.2, 0.25) is 0 Å². The first-order chi connectivity index (χ1) is 16.3. The zero-order valence-electron chi connectivity index (χ0n) is 19.3. The topological polar surface area (TPSA) is 117 Å². The standard InChI is InChI=1S/C24H27N5O4S/c1-4-28(5-2)34(32,33)17-10-11-20-18(14-17)19(15-23(30)27-20)24(31)25-12-13-29-16(3)26-21-8-6-7-9-22(21)29/h6-11,14-15H,4-5,12-13H2,1-3H3,(H,25,31)(H,27,30). The van der Waals surface area contributed by atoms with E-state index in [-0.39, 0.29) is 10.5 Å². The molecule has 34 heavy (non-hydrogen) atoms. The molecular formula is C24H27N5O4S. The number of aromatic amines is 1. The molecular weight excluding hydrogens is 454 g/mol. The van der Waals surface area contributed by atoms with Gasteiger partial charge < -0.3 is 14.9 Å². The summed E-state index contributed by atoms with van der Waals surface area (Å²) in [5, 5.41) is 3.22. The Hall–Kier alpha value is -3.50. The maximum absolute atomic E-state index is 13.0. The van der Waals surface area contributed by atoms with Crippen molar-refractivity contribution in [3.05, 3.63) is 70.3 Å². The molecule has 0 unspecified atom stereocenters. The van der Waals surface area contributed by atoms with Crippen LogP contribution in [-0.4, -0.2) is 52.8 Å². The molecule has 178 valence electrons. The number of hydrogen-bond donors (Lipinski definition) is 2. The largest absolute Gasteiger partial charge is 0.350 e. The molecule has 0 aliphatic carbocycles. The van der Waals surface area contributed by atoms with Crippen molar-refractivity contribution in [2.45, 2.75) is 32.2 Å². The van der Waals surface area contributed by atoms with Gasteiger partial charge in [0.15, 0.2) is 0 Å². The minimum Gasteiger partial charge on any atom is -0.350 e. The highest BCUT2D eigenvalue weighted by molar-refractivity contribution is 7.89. The Bertz CT molecular complexity index is 1530. The van der Waals surface area contributed by atoms with Crippen molar-refractivity contribution in [3.8, 4) is 0 Å². The van der Waals surface area contributed by atoms with Gasteiger partial charge in [0.05, 0.1) is 21.5 Å². The smallest absolute Gasteiger partial charge is 0.252 e. The fraction of sp³-hybridized carbons (Fsp3) is 0.292. The van der Waals surface area contributed by atoms with Crippen molar-refractivity contribution in [1.29, 1.82) is 0 Å². The Morgan fingerprint density at radius 1 is 1.12 bits per heavy atom. The number of aromatic nitrogens is 3. The summed E-state index contributed by atoms with van der Waals surface area (Å²) in [6.07, 6.45) is 0. The average molecular weight is 482 g/mol. The number of carbonyl (C=O) groups is 1. The molecule has 0 radical (unpaired) electrons. The molecule has 10 heteroatoms. The van der Waals surface area contributed by atoms with E-state index in [9.17, 15) is 18.0 Å². The van der Waals surface area contributed by atoms with Gasteiger partial charge in [-0.2, -0.15) is 4.31 Å². The summed E-state index contributed by atoms with van der Waals surface area (Å²) in [6.45, 7) is 6.92. The fourth-order valence-electron chi connectivity index (χ4n) is 4.15. The molecule has 2 aromatic heterocycles. The van der Waals surface area contributed by atoms with Crippen LogP contribution in [0.1, 0.15) is 30.0 Å². The van der Waals surface area contributed by atoms with Crippen LogP contribution in [-0.2, 0) is 16.6 Å². The number of rotatable bonds is 8. The second kappa shape index (κ2) is 9.40. The Morgan fingerprint density at radius 3 is 2.59 bits per heavy atom. The summed E-state index contributed by atoms with van der Waals surface area (Å²) in [4.78, 5) is 32.5. The predicted octanol–water partition coefficient (Wildman–Crippen LogP) is 2.65. The van der Waals surface area contributed by atoms with Gasteiger partial charge in [-0.1, -0.05) is 26.0 Å². The Morgan fingerprint density at radius 2 is 1.85 bits per heavy atom. The van der Waals surface area contributed by atoms with Crippen LogP contribution in [0.4, 0.5) is 0 Å². The number of nitrogens with one attached hydrogen (secondary N) is 2. The lowest BCUT2D eigenvalue weighted by molar-refractivity contribution is 0.0953. The number of imidazole rings is 1. The van der Waals surface area contributed by atoms with E-state index >= 15 is 0 Å². The summed E-state index contributed by atoms with van der Waals surface area (Å²) in [5.74, 6) is 0.388. The van der Waals surface area contributed by atoms with E-state index in [0.29, 0.717) is 37.1 Å². The molecule has 1 amide bonds. The lowest BCUT2D eigenvalue weighted by Gasteiger charge is -2.19. The van der Waals surface area contributed by atoms with E-state index < -0.39 is 21.5 Å². The second-order valence-corrected chi connectivity index (χ2v) is 9.84. The first kappa shape index (κ1) is 23.7. The highest BCUT2D eigenvalue weighted by Crippen LogP contribution is 2.23. The quantitative estimate of drug-likeness (QED) is 0.401. The van der Waals surface area contributed by atoms with E-state index in [1.54, 1.807) is 13.8 Å². The number of pyridine rings is 1. The summed E-state index contributed by atoms with van der Waals surface area (Å²) >= 11 is 0. The van der Waals surface area contributed by atoms with Crippen molar-refractivity contribution >= 4 is 37.9 Å². The van der Waals surface area contributed by atoms with Crippen molar-refractivity contribution in [1.82, 2.24) is 24.2 Å². The van der Waals surface area contributed by atoms with Gasteiger partial charge in [0, 0.05) is 43.1 Å². The molecule has 0 spiro atoms. The third-order valence-corrected chi connectivity index (χ3v) is 7.91. The monoisotopic (exact) mass is 481 g/mol. The van der Waals surface area contributed by atoms with E-state index in [1.165, 1.54) is 28.6 Å². The summed E-state index contributed by atoms with van der Waals surface area (Å²) < 4.78 is 29.3. The zero-order chi connectivity index (χ0) is 24.5. The van der Waals surface area contributed by atoms with Crippen molar-refractivity contribution < 1.29 is 13.2 Å². The van der Waals surface area contributed by atoms with Gasteiger partial charge in [-0.3, -0.25) is 9.59 Å². The molecule has 9 nitrogen and oxygen atoms in total. The number of nitrogens with zero attached hydrogens (tertiary/aromatic N) is 3. The molecule has 0 saturated carbocycles. The molecule has 2 N–H and O–H groups in total. The normalized spacial score (nSPS) is 12.0. The van der Waals surface area contributed by atoms with Gasteiger partial charge in [0.2, 0.25) is 15.6 Å². The van der Waals surface area contributed by atoms with Crippen LogP contribution >= 0.6 is 0 Å². The maximum atomic E-state index is 13.0. The Balaban J connectivity index is 1.63. The number of para-hydroxylation sites is 2. The molecule has 0 atom stereocenters. The number of aryl methyl sites for hydroxylation is 1. The number of amides is 1. The van der Waals surface area contributed by atoms with Gasteiger partial charge in [-0.05, 0) is 37.3 Å². The lowest BCUT2D eigenvalue weighted by Crippen LogP contribution is -2.31. The SMILES string of the molecule is CCN(CC)S(=O)(=O)c1ccc2[nH]c(=O)cc(C(=O)NCCn3c(C)nc4ccccc43)c2c1. The van der Waals surface area contributed by atoms with Gasteiger partial charge >= 0.3 is 0 Å². The molecule has 4 aromatic rings. The van der Waals surface area contributed by atoms with Crippen LogP contribution in [0.5, 0.6) is 0 Å². The number of fused-ring (bicyclic) bond motifs is 2. The van der Waals surface area contributed by atoms with Crippen LogP contribution in [0.3, 0.4) is 0 Å². The minimum atomic E-state index is -3.72. The summed E-state index contributed by atoms with van der Waals surface area (Å²) in [6, 6.07) is 13.4. The number of benzene rings is 2. The molecule has 0 aliphatic heterocycles. The molecule has 0 aliphatic rings. The van der Waals surface area contributed by atoms with Gasteiger partial charge in [-0.25, -0.2) is 13.4 Å². The fourth-order valence-corrected chi connectivity index (χ4v) is 5.63. The third kappa shape index (κ3) is 4.34. The molecule has 2 aromatic carbocycles. The number of hydrogen-bond acceptors (Lipinski definition) is 5. The molecule has 0 saturated heterocycles. The molecule has 4 rings (SSSR count). The van der Waals surface area contributed by atoms with E-state index in [4.69, 9.17) is 0 Å². The van der Waals surface area contributed by atoms with Crippen LogP contribution in [0, 0.1) is 6.92 Å². The number of sulfonamides is 1. The van der Waals surface area contributed by atoms with Crippen LogP contribution < -0.4 is 10.9 Å². The number of H-pyrrole nitrogens is 1. The van der Waals surface area contributed by atoms with Gasteiger partial charge in [0.25, 0.3) is 5.91 Å². The summed E-state index contributed by atoms with van der Waals surface area (Å²) in [7, 11) is -3.72. The van der Waals surface area contributed by atoms with Crippen molar-refractivity contribution in [2.24, 2.45) is 0 Å². The van der Waals surface area contributed by atoms with Crippen molar-refractivity contribution in [3.63, 3.8) is 0 Å². The lowest BCUT2D eigenvalue weighted by atomic mass is 10.1. The van der Waals surface area contributed by atoms with E-state index in [1.807, 2.05) is 35.8 Å². The van der Waals surface area contributed by atoms with Crippen molar-refractivity contribution in [2.75, 3.05) is 19.6 Å². The van der Waals surface area contributed by atoms with Gasteiger partial charge in [-0.15, -0.1) is 0 Å². The Labute approximate surface area is 197 Å². The Kier molecular flexibility index (Phi) is 6.54. The molecule has 2 heterocycles. The molecule has 0 bridgehead atoms. The number of carbonyl (C=O) groups excluding carboxylic acids is 1. The van der Waals surface area contributed by atoms with E-state index in [0.717, 1.165) is 16.9 Å². The van der Waals surface area contributed by atoms with Crippen LogP contribution in [0.15, 0.2) is 58.2 Å². The first-order valence-corrected chi connectivity index (χ1v) is 12.6. The second-order valence-electron chi connectivity index (χ2n) is 7.90. The van der Waals surface area contributed by atoms with E-state index in [2.05, 4.69) is 15.3 Å². The highest BCUT2D eigenvalue weighted by atomic mass is 32.2. The summed E-state index contributed by atoms with van der Waals surface area (Å²) in [5.41, 5.74) is 1.94. The third-order valence-electron chi connectivity index (χ3n) is 5.87. The first-order valence-electron chi connectivity index (χ1n) is 11.1. The molecule has 0 fully saturated rings.